The van der Waals surface area contributed by atoms with E-state index in [0.717, 1.165) is 24.0 Å². The van der Waals surface area contributed by atoms with Gasteiger partial charge in [-0.25, -0.2) is 23.3 Å². The Balaban J connectivity index is 0.000000412. The summed E-state index contributed by atoms with van der Waals surface area (Å²) in [5.74, 6) is 0. The molecule has 0 nitrogen and oxygen atoms in total. The number of allylic oxidation sites excluding steroid dienone is 8. The molecular weight excluding hydrogens is 563 g/mol. The number of rotatable bonds is 6. The van der Waals surface area contributed by atoms with E-state index in [1.807, 2.05) is 60.7 Å². The summed E-state index contributed by atoms with van der Waals surface area (Å²) in [6.07, 6.45) is 25.1. The van der Waals surface area contributed by atoms with E-state index >= 15 is 0 Å². The maximum Gasteiger partial charge on any atom is 4.00 e. The maximum absolute atomic E-state index is 3.72. The summed E-state index contributed by atoms with van der Waals surface area (Å²) in [7, 11) is 0. The second-order valence-corrected chi connectivity index (χ2v) is 7.80. The average molecular weight is 603 g/mol. The molecule has 2 aromatic carbocycles. The van der Waals surface area contributed by atoms with E-state index in [0.29, 0.717) is 0 Å². The van der Waals surface area contributed by atoms with Crippen LogP contribution in [0.2, 0.25) is 0 Å². The molecule has 0 radical (unpaired) electrons. The topological polar surface area (TPSA) is 0 Å². The van der Waals surface area contributed by atoms with Gasteiger partial charge in [0.25, 0.3) is 0 Å². The molecule has 0 N–H and O–H groups in total. The van der Waals surface area contributed by atoms with Gasteiger partial charge in [0.2, 0.25) is 0 Å². The van der Waals surface area contributed by atoms with Crippen LogP contribution in [-0.4, -0.2) is 0 Å². The molecule has 2 aliphatic rings. The summed E-state index contributed by atoms with van der Waals surface area (Å²) in [5, 5.41) is 0. The van der Waals surface area contributed by atoms with Crippen molar-refractivity contribution in [3.8, 4) is 0 Å². The average Bonchev–Trinajstić information content (AvgIpc) is 3.53. The van der Waals surface area contributed by atoms with Crippen LogP contribution < -0.4 is 0 Å². The number of unbranched alkanes of at least 4 members (excludes halogenated alkanes) is 2. The van der Waals surface area contributed by atoms with Gasteiger partial charge < -0.3 is 0 Å². The number of hydrogen-bond acceptors (Lipinski definition) is 0. The van der Waals surface area contributed by atoms with Gasteiger partial charge in [0.1, 0.15) is 0 Å². The zero-order chi connectivity index (χ0) is 23.3. The van der Waals surface area contributed by atoms with Crippen molar-refractivity contribution in [2.75, 3.05) is 0 Å². The molecule has 0 spiro atoms. The first-order valence-electron chi connectivity index (χ1n) is 11.9. The van der Waals surface area contributed by atoms with Crippen molar-refractivity contribution in [2.45, 2.75) is 65.2 Å². The first-order valence-corrected chi connectivity index (χ1v) is 11.9. The van der Waals surface area contributed by atoms with Gasteiger partial charge in [0, 0.05) is 0 Å². The third kappa shape index (κ3) is 18.2. The van der Waals surface area contributed by atoms with Gasteiger partial charge in [-0.3, -0.25) is 12.2 Å². The standard InChI is InChI=1S/2C9H13.2C7H7.Hf/c2*1-2-3-6-9-7-4-5-8-9;2*1-7-5-3-2-4-6-7;/h2*4,7H,2-3,5-6H2,1H3;2*2-6H,1H2;/q4*-1;+4. The molecule has 0 heterocycles. The molecule has 2 aromatic rings. The molecule has 0 atom stereocenters. The fourth-order valence-electron chi connectivity index (χ4n) is 2.93. The molecule has 33 heavy (non-hydrogen) atoms. The zero-order valence-corrected chi connectivity index (χ0v) is 24.2. The van der Waals surface area contributed by atoms with Crippen molar-refractivity contribution >= 4 is 0 Å². The van der Waals surface area contributed by atoms with Gasteiger partial charge in [-0.05, 0) is 0 Å². The Bertz CT molecular complexity index is 739. The molecule has 0 bridgehead atoms. The van der Waals surface area contributed by atoms with E-state index in [-0.39, 0.29) is 25.8 Å². The monoisotopic (exact) mass is 604 g/mol. The van der Waals surface area contributed by atoms with Gasteiger partial charge in [0.05, 0.1) is 0 Å². The van der Waals surface area contributed by atoms with Crippen molar-refractivity contribution in [1.82, 2.24) is 0 Å². The van der Waals surface area contributed by atoms with Crippen molar-refractivity contribution in [2.24, 2.45) is 0 Å². The van der Waals surface area contributed by atoms with Crippen LogP contribution in [0.3, 0.4) is 0 Å². The number of benzene rings is 2. The normalized spacial score (nSPS) is 12.5. The summed E-state index contributed by atoms with van der Waals surface area (Å²) < 4.78 is 0. The molecule has 0 aromatic heterocycles. The van der Waals surface area contributed by atoms with E-state index in [1.165, 1.54) is 49.7 Å². The molecule has 172 valence electrons. The summed E-state index contributed by atoms with van der Waals surface area (Å²) in [5.41, 5.74) is 4.97. The van der Waals surface area contributed by atoms with Crippen molar-refractivity contribution in [3.05, 3.63) is 133 Å². The van der Waals surface area contributed by atoms with Crippen LogP contribution in [0, 0.1) is 26.0 Å². The smallest absolute Gasteiger partial charge is 0.269 e. The van der Waals surface area contributed by atoms with Gasteiger partial charge >= 0.3 is 25.8 Å². The van der Waals surface area contributed by atoms with E-state index in [4.69, 9.17) is 0 Å². The Labute approximate surface area is 223 Å². The third-order valence-electron chi connectivity index (χ3n) is 4.82. The first kappa shape index (κ1) is 31.0. The predicted molar refractivity (Wildman–Crippen MR) is 142 cm³/mol. The van der Waals surface area contributed by atoms with Gasteiger partial charge in [0.15, 0.2) is 0 Å². The van der Waals surface area contributed by atoms with Crippen LogP contribution in [0.4, 0.5) is 0 Å². The van der Waals surface area contributed by atoms with Gasteiger partial charge in [-0.15, -0.1) is 37.1 Å². The van der Waals surface area contributed by atoms with Gasteiger partial charge in [-0.1, -0.05) is 64.5 Å². The van der Waals surface area contributed by atoms with Crippen molar-refractivity contribution < 1.29 is 25.8 Å². The summed E-state index contributed by atoms with van der Waals surface area (Å²) in [6, 6.07) is 19.7. The summed E-state index contributed by atoms with van der Waals surface area (Å²) in [6.45, 7) is 11.9. The largest absolute Gasteiger partial charge is 4.00 e. The predicted octanol–water partition coefficient (Wildman–Crippen LogP) is 9.47. The van der Waals surface area contributed by atoms with E-state index in [1.54, 1.807) is 0 Å². The Morgan fingerprint density at radius 2 is 1.00 bits per heavy atom. The minimum Gasteiger partial charge on any atom is -0.269 e. The van der Waals surface area contributed by atoms with Crippen LogP contribution in [0.1, 0.15) is 76.3 Å². The molecule has 0 aliphatic heterocycles. The zero-order valence-electron chi connectivity index (χ0n) is 20.7. The minimum absolute atomic E-state index is 0. The molecule has 2 aliphatic carbocycles. The Morgan fingerprint density at radius 3 is 1.21 bits per heavy atom. The van der Waals surface area contributed by atoms with E-state index < -0.39 is 0 Å². The molecule has 0 amide bonds. The van der Waals surface area contributed by atoms with Crippen LogP contribution in [0.25, 0.3) is 0 Å². The Kier molecular flexibility index (Phi) is 20.5. The fraction of sp³-hybridized carbons (Fsp3) is 0.312. The summed E-state index contributed by atoms with van der Waals surface area (Å²) >= 11 is 0. The van der Waals surface area contributed by atoms with Crippen molar-refractivity contribution in [3.63, 3.8) is 0 Å². The first-order chi connectivity index (χ1) is 15.7. The van der Waals surface area contributed by atoms with Crippen LogP contribution in [-0.2, 0) is 25.8 Å². The Hall–Kier alpha value is -1.99. The molecule has 0 saturated carbocycles. The second kappa shape index (κ2) is 21.8. The number of hydrogen-bond donors (Lipinski definition) is 0. The molecular formula is C32H40Hf. The molecule has 0 unspecified atom stereocenters. The van der Waals surface area contributed by atoms with E-state index in [9.17, 15) is 0 Å². The fourth-order valence-corrected chi connectivity index (χ4v) is 2.93. The molecule has 0 fully saturated rings. The van der Waals surface area contributed by atoms with E-state index in [2.05, 4.69) is 64.2 Å². The maximum atomic E-state index is 3.72. The van der Waals surface area contributed by atoms with Crippen LogP contribution >= 0.6 is 0 Å². The summed E-state index contributed by atoms with van der Waals surface area (Å²) in [4.78, 5) is 0. The van der Waals surface area contributed by atoms with Crippen molar-refractivity contribution in [1.29, 1.82) is 0 Å². The SMILES string of the molecule is CCCCC1=[C-]CC=C1.CCCCC1=[C-]CC=C1.[CH2-]c1ccccc1.[CH2-]c1ccccc1.[Hf+4]. The van der Waals surface area contributed by atoms with Crippen LogP contribution in [0.5, 0.6) is 0 Å². The van der Waals surface area contributed by atoms with Gasteiger partial charge in [-0.2, -0.15) is 61.4 Å². The Morgan fingerprint density at radius 1 is 0.636 bits per heavy atom. The quantitative estimate of drug-likeness (QED) is 0.228. The minimum atomic E-state index is 0. The molecule has 1 heteroatoms. The third-order valence-corrected chi connectivity index (χ3v) is 4.82. The second-order valence-electron chi connectivity index (χ2n) is 7.80. The molecule has 0 saturated heterocycles. The van der Waals surface area contributed by atoms with Crippen LogP contribution in [0.15, 0.2) is 96.1 Å². The molecule has 4 rings (SSSR count).